The van der Waals surface area contributed by atoms with Crippen molar-refractivity contribution in [1.82, 2.24) is 31.1 Å². The molecule has 0 aliphatic carbocycles. The molecule has 1 unspecified atom stereocenters. The van der Waals surface area contributed by atoms with Crippen LogP contribution in [0.4, 0.5) is 0 Å². The maximum Gasteiger partial charge on any atom is 0.225 e. The van der Waals surface area contributed by atoms with Gasteiger partial charge < -0.3 is 9.84 Å². The van der Waals surface area contributed by atoms with Crippen molar-refractivity contribution in [1.29, 1.82) is 0 Å². The van der Waals surface area contributed by atoms with Crippen LogP contribution in [0.3, 0.4) is 0 Å². The number of tetrazole rings is 1. The van der Waals surface area contributed by atoms with Gasteiger partial charge in [-0.25, -0.2) is 0 Å². The highest BCUT2D eigenvalue weighted by Gasteiger charge is 2.17. The van der Waals surface area contributed by atoms with E-state index in [1.54, 1.807) is 13.8 Å². The molecule has 0 aliphatic rings. The van der Waals surface area contributed by atoms with Crippen molar-refractivity contribution < 1.29 is 9.32 Å². The van der Waals surface area contributed by atoms with Crippen LogP contribution in [0.15, 0.2) is 4.52 Å². The van der Waals surface area contributed by atoms with Gasteiger partial charge in [-0.2, -0.15) is 5.21 Å². The molecule has 1 atom stereocenters. The number of carbonyl (C=O) groups excluding carboxylic acids is 1. The van der Waals surface area contributed by atoms with Gasteiger partial charge in [0.1, 0.15) is 5.76 Å². The quantitative estimate of drug-likeness (QED) is 0.803. The molecule has 2 N–H and O–H groups in total. The predicted molar refractivity (Wildman–Crippen MR) is 60.4 cm³/mol. The van der Waals surface area contributed by atoms with Crippen LogP contribution >= 0.6 is 0 Å². The number of carbonyl (C=O) groups is 1. The maximum atomic E-state index is 11.9. The second-order valence-electron chi connectivity index (χ2n) is 4.04. The summed E-state index contributed by atoms with van der Waals surface area (Å²) in [6, 6.07) is -0.295. The van der Waals surface area contributed by atoms with Gasteiger partial charge in [0.25, 0.3) is 0 Å². The molecule has 1 amide bonds. The fourth-order valence-electron chi connectivity index (χ4n) is 1.62. The highest BCUT2D eigenvalue weighted by molar-refractivity contribution is 5.79. The molecular weight excluding hydrogens is 236 g/mol. The Bertz CT molecular complexity index is 513. The SMILES string of the molecule is Cc1noc(C)c1CC(=O)NC(C)c1nn[nH]n1. The van der Waals surface area contributed by atoms with E-state index in [0.717, 1.165) is 11.3 Å². The van der Waals surface area contributed by atoms with Gasteiger partial charge in [-0.05, 0) is 20.8 Å². The maximum absolute atomic E-state index is 11.9. The molecule has 8 heteroatoms. The number of rotatable bonds is 4. The number of aromatic nitrogens is 5. The van der Waals surface area contributed by atoms with E-state index >= 15 is 0 Å². The van der Waals surface area contributed by atoms with Gasteiger partial charge in [0, 0.05) is 5.56 Å². The normalized spacial score (nSPS) is 12.4. The standard InChI is InChI=1S/C10H14N6O2/c1-5-8(7(3)18-14-5)4-9(17)11-6(2)10-12-15-16-13-10/h6H,4H2,1-3H3,(H,11,17)(H,12,13,15,16). The Balaban J connectivity index is 1.97. The van der Waals surface area contributed by atoms with E-state index in [-0.39, 0.29) is 18.4 Å². The molecule has 0 aromatic carbocycles. The van der Waals surface area contributed by atoms with Crippen molar-refractivity contribution in [2.75, 3.05) is 0 Å². The first kappa shape index (κ1) is 12.2. The van der Waals surface area contributed by atoms with Gasteiger partial charge >= 0.3 is 0 Å². The second kappa shape index (κ2) is 4.94. The Morgan fingerprint density at radius 3 is 2.83 bits per heavy atom. The van der Waals surface area contributed by atoms with Crippen molar-refractivity contribution in [3.63, 3.8) is 0 Å². The number of H-pyrrole nitrogens is 1. The third-order valence-corrected chi connectivity index (χ3v) is 2.65. The summed E-state index contributed by atoms with van der Waals surface area (Å²) in [7, 11) is 0. The summed E-state index contributed by atoms with van der Waals surface area (Å²) >= 11 is 0. The summed E-state index contributed by atoms with van der Waals surface area (Å²) in [5.74, 6) is 0.971. The van der Waals surface area contributed by atoms with E-state index in [4.69, 9.17) is 4.52 Å². The van der Waals surface area contributed by atoms with Crippen molar-refractivity contribution in [2.24, 2.45) is 0 Å². The summed E-state index contributed by atoms with van der Waals surface area (Å²) < 4.78 is 5.00. The molecule has 0 spiro atoms. The molecule has 0 saturated heterocycles. The summed E-state index contributed by atoms with van der Waals surface area (Å²) in [6.45, 7) is 5.38. The van der Waals surface area contributed by atoms with Gasteiger partial charge in [-0.15, -0.1) is 10.2 Å². The van der Waals surface area contributed by atoms with Crippen LogP contribution in [0.2, 0.25) is 0 Å². The summed E-state index contributed by atoms with van der Waals surface area (Å²) in [6.07, 6.45) is 0.226. The Morgan fingerprint density at radius 2 is 2.28 bits per heavy atom. The summed E-state index contributed by atoms with van der Waals surface area (Å²) in [5.41, 5.74) is 1.54. The van der Waals surface area contributed by atoms with E-state index in [1.165, 1.54) is 0 Å². The van der Waals surface area contributed by atoms with Crippen molar-refractivity contribution in [2.45, 2.75) is 33.2 Å². The monoisotopic (exact) mass is 250 g/mol. The highest BCUT2D eigenvalue weighted by atomic mass is 16.5. The third kappa shape index (κ3) is 2.53. The van der Waals surface area contributed by atoms with Crippen molar-refractivity contribution >= 4 is 5.91 Å². The number of aryl methyl sites for hydroxylation is 2. The van der Waals surface area contributed by atoms with E-state index in [2.05, 4.69) is 31.1 Å². The smallest absolute Gasteiger partial charge is 0.225 e. The lowest BCUT2D eigenvalue weighted by Crippen LogP contribution is -2.29. The molecule has 2 aromatic heterocycles. The molecular formula is C10H14N6O2. The largest absolute Gasteiger partial charge is 0.361 e. The lowest BCUT2D eigenvalue weighted by Gasteiger charge is -2.09. The molecule has 18 heavy (non-hydrogen) atoms. The van der Waals surface area contributed by atoms with Gasteiger partial charge in [0.05, 0.1) is 18.2 Å². The summed E-state index contributed by atoms with van der Waals surface area (Å²) in [5, 5.41) is 20.0. The second-order valence-corrected chi connectivity index (χ2v) is 4.04. The zero-order valence-electron chi connectivity index (χ0n) is 10.4. The van der Waals surface area contributed by atoms with Crippen LogP contribution in [0, 0.1) is 13.8 Å². The van der Waals surface area contributed by atoms with Gasteiger partial charge in [-0.3, -0.25) is 4.79 Å². The zero-order chi connectivity index (χ0) is 13.1. The number of nitrogens with zero attached hydrogens (tertiary/aromatic N) is 4. The first-order valence-corrected chi connectivity index (χ1v) is 5.52. The number of amides is 1. The molecule has 2 rings (SSSR count). The van der Waals surface area contributed by atoms with Crippen molar-refractivity contribution in [3.8, 4) is 0 Å². The molecule has 0 radical (unpaired) electrons. The minimum Gasteiger partial charge on any atom is -0.361 e. The average Bonchev–Trinajstić information content (AvgIpc) is 2.94. The molecule has 8 nitrogen and oxygen atoms in total. The number of aromatic amines is 1. The predicted octanol–water partition coefficient (Wildman–Crippen LogP) is 0.224. The van der Waals surface area contributed by atoms with Crippen LogP contribution in [0.1, 0.15) is 35.8 Å². The fraction of sp³-hybridized carbons (Fsp3) is 0.500. The van der Waals surface area contributed by atoms with Gasteiger partial charge in [-0.1, -0.05) is 10.4 Å². The average molecular weight is 250 g/mol. The lowest BCUT2D eigenvalue weighted by molar-refractivity contribution is -0.121. The van der Waals surface area contributed by atoms with Crippen LogP contribution < -0.4 is 5.32 Å². The Morgan fingerprint density at radius 1 is 1.50 bits per heavy atom. The third-order valence-electron chi connectivity index (χ3n) is 2.65. The fourth-order valence-corrected chi connectivity index (χ4v) is 1.62. The van der Waals surface area contributed by atoms with Crippen molar-refractivity contribution in [3.05, 3.63) is 22.8 Å². The Kier molecular flexibility index (Phi) is 3.35. The molecule has 0 bridgehead atoms. The molecule has 2 heterocycles. The van der Waals surface area contributed by atoms with E-state index in [9.17, 15) is 4.79 Å². The Hall–Kier alpha value is -2.25. The first-order chi connectivity index (χ1) is 8.58. The van der Waals surface area contributed by atoms with Crippen LogP contribution in [-0.2, 0) is 11.2 Å². The summed E-state index contributed by atoms with van der Waals surface area (Å²) in [4.78, 5) is 11.9. The first-order valence-electron chi connectivity index (χ1n) is 5.52. The number of hydrogen-bond donors (Lipinski definition) is 2. The highest BCUT2D eigenvalue weighted by Crippen LogP contribution is 2.13. The zero-order valence-corrected chi connectivity index (χ0v) is 10.4. The van der Waals surface area contributed by atoms with Crippen LogP contribution in [-0.4, -0.2) is 31.7 Å². The molecule has 0 fully saturated rings. The minimum atomic E-state index is -0.295. The van der Waals surface area contributed by atoms with Crippen LogP contribution in [0.25, 0.3) is 0 Å². The van der Waals surface area contributed by atoms with E-state index < -0.39 is 0 Å². The lowest BCUT2D eigenvalue weighted by atomic mass is 10.1. The Labute approximate surface area is 103 Å². The van der Waals surface area contributed by atoms with Crippen LogP contribution in [0.5, 0.6) is 0 Å². The van der Waals surface area contributed by atoms with Gasteiger partial charge in [0.15, 0.2) is 5.82 Å². The number of hydrogen-bond acceptors (Lipinski definition) is 6. The van der Waals surface area contributed by atoms with E-state index in [0.29, 0.717) is 11.6 Å². The topological polar surface area (TPSA) is 110 Å². The molecule has 96 valence electrons. The minimum absolute atomic E-state index is 0.137. The molecule has 0 saturated carbocycles. The van der Waals surface area contributed by atoms with Gasteiger partial charge in [0.2, 0.25) is 5.91 Å². The number of nitrogens with one attached hydrogen (secondary N) is 2. The molecule has 0 aliphatic heterocycles. The molecule has 2 aromatic rings. The van der Waals surface area contributed by atoms with E-state index in [1.807, 2.05) is 6.92 Å².